The van der Waals surface area contributed by atoms with E-state index in [1.54, 1.807) is 4.68 Å². The van der Waals surface area contributed by atoms with Crippen LogP contribution in [0.4, 0.5) is 0 Å². The molecular formula is C14H16N2O2. The van der Waals surface area contributed by atoms with Crippen LogP contribution in [0.3, 0.4) is 0 Å². The molecule has 94 valence electrons. The lowest BCUT2D eigenvalue weighted by Crippen LogP contribution is -1.95. The Morgan fingerprint density at radius 1 is 1.28 bits per heavy atom. The normalized spacial score (nSPS) is 10.4. The predicted molar refractivity (Wildman–Crippen MR) is 69.3 cm³/mol. The van der Waals surface area contributed by atoms with Gasteiger partial charge in [-0.25, -0.2) is 0 Å². The van der Waals surface area contributed by atoms with Crippen molar-refractivity contribution in [2.45, 2.75) is 20.8 Å². The topological polar surface area (TPSA) is 44.1 Å². The Kier molecular flexibility index (Phi) is 3.19. The summed E-state index contributed by atoms with van der Waals surface area (Å²) >= 11 is 0. The van der Waals surface area contributed by atoms with E-state index in [-0.39, 0.29) is 0 Å². The maximum atomic E-state index is 11.0. The van der Waals surface area contributed by atoms with Crippen LogP contribution in [0.15, 0.2) is 18.2 Å². The van der Waals surface area contributed by atoms with Crippen LogP contribution >= 0.6 is 0 Å². The first-order valence-corrected chi connectivity index (χ1v) is 5.77. The van der Waals surface area contributed by atoms with Gasteiger partial charge >= 0.3 is 0 Å². The number of ether oxygens (including phenoxy) is 1. The van der Waals surface area contributed by atoms with Crippen molar-refractivity contribution in [2.75, 3.05) is 0 Å². The van der Waals surface area contributed by atoms with Crippen molar-refractivity contribution in [3.63, 3.8) is 0 Å². The van der Waals surface area contributed by atoms with Gasteiger partial charge in [-0.3, -0.25) is 9.48 Å². The summed E-state index contributed by atoms with van der Waals surface area (Å²) in [4.78, 5) is 11.0. The van der Waals surface area contributed by atoms with Gasteiger partial charge in [0.1, 0.15) is 11.4 Å². The van der Waals surface area contributed by atoms with E-state index in [1.165, 1.54) is 0 Å². The van der Waals surface area contributed by atoms with Gasteiger partial charge in [0.25, 0.3) is 0 Å². The average Bonchev–Trinajstić information content (AvgIpc) is 2.58. The van der Waals surface area contributed by atoms with Crippen LogP contribution < -0.4 is 4.74 Å². The Balaban J connectivity index is 2.42. The first-order chi connectivity index (χ1) is 8.52. The van der Waals surface area contributed by atoms with Gasteiger partial charge in [-0.2, -0.15) is 5.10 Å². The second kappa shape index (κ2) is 4.64. The lowest BCUT2D eigenvalue weighted by Gasteiger charge is -2.08. The van der Waals surface area contributed by atoms with E-state index in [4.69, 9.17) is 4.74 Å². The Morgan fingerprint density at radius 3 is 2.56 bits per heavy atom. The first kappa shape index (κ1) is 12.4. The molecule has 0 amide bonds. The molecule has 1 aromatic heterocycles. The molecule has 0 aliphatic rings. The smallest absolute Gasteiger partial charge is 0.171 e. The van der Waals surface area contributed by atoms with Crippen molar-refractivity contribution in [3.05, 3.63) is 40.7 Å². The lowest BCUT2D eigenvalue weighted by molar-refractivity contribution is 0.112. The molecule has 4 nitrogen and oxygen atoms in total. The van der Waals surface area contributed by atoms with Crippen molar-refractivity contribution in [3.8, 4) is 11.5 Å². The molecule has 0 saturated carbocycles. The first-order valence-electron chi connectivity index (χ1n) is 5.77. The molecule has 0 atom stereocenters. The highest BCUT2D eigenvalue weighted by Gasteiger charge is 2.13. The van der Waals surface area contributed by atoms with Crippen LogP contribution in [0.2, 0.25) is 0 Å². The van der Waals surface area contributed by atoms with Gasteiger partial charge in [-0.05, 0) is 32.9 Å². The van der Waals surface area contributed by atoms with Crippen LogP contribution in [-0.4, -0.2) is 16.1 Å². The number of nitrogens with zero attached hydrogens (tertiary/aromatic N) is 2. The zero-order valence-electron chi connectivity index (χ0n) is 11.0. The Bertz CT molecular complexity index is 600. The molecule has 0 aliphatic heterocycles. The van der Waals surface area contributed by atoms with Crippen LogP contribution in [0.25, 0.3) is 0 Å². The molecule has 1 heterocycles. The van der Waals surface area contributed by atoms with Gasteiger partial charge in [0.05, 0.1) is 11.3 Å². The van der Waals surface area contributed by atoms with E-state index in [9.17, 15) is 4.79 Å². The third-order valence-corrected chi connectivity index (χ3v) is 2.95. The molecule has 1 aromatic carbocycles. The minimum atomic E-state index is 0.553. The van der Waals surface area contributed by atoms with E-state index in [0.29, 0.717) is 17.1 Å². The lowest BCUT2D eigenvalue weighted by atomic mass is 10.1. The molecule has 0 spiro atoms. The highest BCUT2D eigenvalue weighted by Crippen LogP contribution is 2.30. The summed E-state index contributed by atoms with van der Waals surface area (Å²) in [6, 6.07) is 5.54. The molecule has 4 heteroatoms. The zero-order valence-corrected chi connectivity index (χ0v) is 11.0. The van der Waals surface area contributed by atoms with E-state index in [1.807, 2.05) is 46.0 Å². The molecular weight excluding hydrogens is 228 g/mol. The number of carbonyl (C=O) groups is 1. The highest BCUT2D eigenvalue weighted by atomic mass is 16.5. The van der Waals surface area contributed by atoms with E-state index < -0.39 is 0 Å². The average molecular weight is 244 g/mol. The summed E-state index contributed by atoms with van der Waals surface area (Å²) in [6.45, 7) is 5.76. The van der Waals surface area contributed by atoms with E-state index >= 15 is 0 Å². The fourth-order valence-electron chi connectivity index (χ4n) is 1.86. The minimum absolute atomic E-state index is 0.553. The van der Waals surface area contributed by atoms with Gasteiger partial charge in [-0.15, -0.1) is 0 Å². The Hall–Kier alpha value is -2.10. The van der Waals surface area contributed by atoms with Crippen LogP contribution in [0.5, 0.6) is 11.5 Å². The van der Waals surface area contributed by atoms with Crippen LogP contribution in [0.1, 0.15) is 27.3 Å². The summed E-state index contributed by atoms with van der Waals surface area (Å²) in [5.74, 6) is 1.28. The van der Waals surface area contributed by atoms with E-state index in [0.717, 1.165) is 23.2 Å². The summed E-state index contributed by atoms with van der Waals surface area (Å²) in [7, 11) is 1.87. The van der Waals surface area contributed by atoms with Gasteiger partial charge in [0.2, 0.25) is 0 Å². The molecule has 0 fully saturated rings. The molecule has 0 saturated heterocycles. The monoisotopic (exact) mass is 244 g/mol. The van der Waals surface area contributed by atoms with Gasteiger partial charge in [0.15, 0.2) is 12.0 Å². The Morgan fingerprint density at radius 2 is 2.00 bits per heavy atom. The molecule has 0 N–H and O–H groups in total. The number of benzene rings is 1. The third-order valence-electron chi connectivity index (χ3n) is 2.95. The number of aryl methyl sites for hydroxylation is 3. The highest BCUT2D eigenvalue weighted by molar-refractivity contribution is 5.79. The Labute approximate surface area is 106 Å². The molecule has 18 heavy (non-hydrogen) atoms. The van der Waals surface area contributed by atoms with Crippen molar-refractivity contribution in [1.29, 1.82) is 0 Å². The molecule has 0 unspecified atom stereocenters. The molecule has 0 bridgehead atoms. The van der Waals surface area contributed by atoms with Crippen molar-refractivity contribution in [2.24, 2.45) is 7.05 Å². The fraction of sp³-hybridized carbons (Fsp3) is 0.286. The minimum Gasteiger partial charge on any atom is -0.453 e. The summed E-state index contributed by atoms with van der Waals surface area (Å²) in [5, 5.41) is 4.28. The number of rotatable bonds is 3. The zero-order chi connectivity index (χ0) is 13.3. The molecule has 2 rings (SSSR count). The maximum Gasteiger partial charge on any atom is 0.171 e. The summed E-state index contributed by atoms with van der Waals surface area (Å²) in [5.41, 5.74) is 3.33. The molecule has 2 aromatic rings. The van der Waals surface area contributed by atoms with E-state index in [2.05, 4.69) is 5.10 Å². The number of aromatic nitrogens is 2. The second-order valence-corrected chi connectivity index (χ2v) is 4.38. The van der Waals surface area contributed by atoms with Crippen LogP contribution in [0, 0.1) is 20.8 Å². The number of hydrogen-bond donors (Lipinski definition) is 0. The number of carbonyl (C=O) groups excluding carboxylic acids is 1. The largest absolute Gasteiger partial charge is 0.453 e. The van der Waals surface area contributed by atoms with Crippen molar-refractivity contribution < 1.29 is 9.53 Å². The van der Waals surface area contributed by atoms with Crippen molar-refractivity contribution in [1.82, 2.24) is 9.78 Å². The van der Waals surface area contributed by atoms with Gasteiger partial charge < -0.3 is 4.74 Å². The van der Waals surface area contributed by atoms with Gasteiger partial charge in [0, 0.05) is 7.05 Å². The number of hydrogen-bond acceptors (Lipinski definition) is 3. The standard InChI is InChI=1S/C14H16N2O2/c1-9-5-6-13(12(7-9)8-17)18-14-10(2)15-16(4)11(14)3/h5-8H,1-4H3. The SMILES string of the molecule is Cc1ccc(Oc2c(C)nn(C)c2C)c(C=O)c1. The molecule has 0 aliphatic carbocycles. The predicted octanol–water partition coefficient (Wildman–Crippen LogP) is 2.95. The van der Waals surface area contributed by atoms with Crippen molar-refractivity contribution >= 4 is 6.29 Å². The quantitative estimate of drug-likeness (QED) is 0.780. The molecule has 0 radical (unpaired) electrons. The summed E-state index contributed by atoms with van der Waals surface area (Å²) in [6.07, 6.45) is 0.809. The summed E-state index contributed by atoms with van der Waals surface area (Å²) < 4.78 is 7.59. The van der Waals surface area contributed by atoms with Gasteiger partial charge in [-0.1, -0.05) is 11.6 Å². The fourth-order valence-corrected chi connectivity index (χ4v) is 1.86. The second-order valence-electron chi connectivity index (χ2n) is 4.38. The third kappa shape index (κ3) is 2.14. The number of aldehydes is 1. The maximum absolute atomic E-state index is 11.0. The van der Waals surface area contributed by atoms with Crippen LogP contribution in [-0.2, 0) is 7.05 Å².